The van der Waals surface area contributed by atoms with Crippen molar-refractivity contribution in [2.45, 2.75) is 11.3 Å². The van der Waals surface area contributed by atoms with Gasteiger partial charge in [-0.15, -0.1) is 17.3 Å². The summed E-state index contributed by atoms with van der Waals surface area (Å²) in [6.45, 7) is 3.33. The lowest BCUT2D eigenvalue weighted by molar-refractivity contribution is -0.115. The first-order valence-electron chi connectivity index (χ1n) is 3.16. The van der Waals surface area contributed by atoms with Gasteiger partial charge in [0.15, 0.2) is 0 Å². The van der Waals surface area contributed by atoms with Gasteiger partial charge in [-0.3, -0.25) is 4.79 Å². The van der Waals surface area contributed by atoms with Crippen molar-refractivity contribution in [3.05, 3.63) is 28.5 Å². The van der Waals surface area contributed by atoms with E-state index < -0.39 is 4.87 Å². The molecule has 12 heavy (non-hydrogen) atoms. The highest BCUT2D eigenvalue weighted by Gasteiger charge is 2.43. The summed E-state index contributed by atoms with van der Waals surface area (Å²) < 4.78 is 0. The summed E-state index contributed by atoms with van der Waals surface area (Å²) in [5.74, 6) is -0.382. The van der Waals surface area contributed by atoms with Crippen LogP contribution in [0.15, 0.2) is 28.5 Å². The summed E-state index contributed by atoms with van der Waals surface area (Å²) in [6, 6.07) is 0. The molecule has 0 radical (unpaired) electrons. The van der Waals surface area contributed by atoms with Crippen molar-refractivity contribution in [3.63, 3.8) is 0 Å². The van der Waals surface area contributed by atoms with E-state index in [2.05, 4.69) is 12.3 Å². The first-order valence-corrected chi connectivity index (χ1v) is 4.29. The summed E-state index contributed by atoms with van der Waals surface area (Å²) in [5.41, 5.74) is 2.45. The Morgan fingerprint density at radius 1 is 1.58 bits per heavy atom. The first-order chi connectivity index (χ1) is 5.51. The van der Waals surface area contributed by atoms with E-state index >= 15 is 0 Å². The molecular weight excluding hydrogens is 218 g/mol. The van der Waals surface area contributed by atoms with E-state index in [0.29, 0.717) is 5.03 Å². The number of hydrogen-bond acceptors (Lipinski definition) is 1. The smallest absolute Gasteiger partial charge is 0.201 e. The second-order valence-electron chi connectivity index (χ2n) is 2.44. The van der Waals surface area contributed by atoms with Gasteiger partial charge in [-0.25, -0.2) is 0 Å². The third-order valence-electron chi connectivity index (χ3n) is 1.56. The van der Waals surface area contributed by atoms with Crippen LogP contribution in [-0.4, -0.2) is 10.7 Å². The van der Waals surface area contributed by atoms with Crippen molar-refractivity contribution in [1.29, 1.82) is 0 Å². The van der Waals surface area contributed by atoms with Gasteiger partial charge in [0.25, 0.3) is 0 Å². The molecule has 0 aromatic heterocycles. The van der Waals surface area contributed by atoms with Gasteiger partial charge in [-0.2, -0.15) is 0 Å². The van der Waals surface area contributed by atoms with Crippen LogP contribution in [-0.2, 0) is 4.79 Å². The number of carbonyl (C=O) groups is 1. The van der Waals surface area contributed by atoms with Crippen LogP contribution in [0.1, 0.15) is 6.42 Å². The summed E-state index contributed by atoms with van der Waals surface area (Å²) in [7, 11) is 0. The zero-order valence-electron chi connectivity index (χ0n) is 6.03. The minimum Gasteiger partial charge on any atom is -0.291 e. The summed E-state index contributed by atoms with van der Waals surface area (Å²) >= 11 is 17.1. The van der Waals surface area contributed by atoms with Crippen LogP contribution in [0.2, 0.25) is 0 Å². The number of halogens is 3. The number of rotatable bonds is 1. The molecule has 4 heteroatoms. The van der Waals surface area contributed by atoms with Crippen molar-refractivity contribution < 1.29 is 4.79 Å². The lowest BCUT2D eigenvalue weighted by Crippen LogP contribution is -2.24. The maximum absolute atomic E-state index is 11.3. The number of carbonyl (C=O) groups excluding carboxylic acids is 1. The molecule has 1 aliphatic carbocycles. The van der Waals surface area contributed by atoms with Crippen LogP contribution in [0.5, 0.6) is 0 Å². The van der Waals surface area contributed by atoms with E-state index in [0.717, 1.165) is 0 Å². The largest absolute Gasteiger partial charge is 0.291 e. The number of Topliss-reactive ketones (excluding diaryl/α,β-unsaturated/α-hetero) is 1. The Hall–Kier alpha value is -0.200. The predicted molar refractivity (Wildman–Crippen MR) is 50.7 cm³/mol. The van der Waals surface area contributed by atoms with Crippen LogP contribution >= 0.6 is 34.8 Å². The fraction of sp³-hybridized carbons (Fsp3) is 0.250. The van der Waals surface area contributed by atoms with E-state index in [1.54, 1.807) is 0 Å². The average molecular weight is 223 g/mol. The highest BCUT2D eigenvalue weighted by molar-refractivity contribution is 6.56. The SMILES string of the molecule is C=C=CC1(Cl)CC(Cl)=C(Cl)C1=O. The van der Waals surface area contributed by atoms with E-state index in [-0.39, 0.29) is 17.2 Å². The molecule has 1 unspecified atom stereocenters. The average Bonchev–Trinajstić information content (AvgIpc) is 2.17. The molecule has 0 aliphatic heterocycles. The number of ketones is 1. The second-order valence-corrected chi connectivity index (χ2v) is 3.94. The molecule has 0 N–H and O–H groups in total. The van der Waals surface area contributed by atoms with Gasteiger partial charge < -0.3 is 0 Å². The fourth-order valence-electron chi connectivity index (χ4n) is 0.968. The fourth-order valence-corrected chi connectivity index (χ4v) is 1.92. The van der Waals surface area contributed by atoms with Gasteiger partial charge in [0.05, 0.1) is 0 Å². The second kappa shape index (κ2) is 3.27. The molecule has 1 atom stereocenters. The molecule has 64 valence electrons. The number of hydrogen-bond donors (Lipinski definition) is 0. The zero-order chi connectivity index (χ0) is 9.35. The van der Waals surface area contributed by atoms with E-state index in [1.165, 1.54) is 6.08 Å². The molecule has 1 nitrogen and oxygen atoms in total. The van der Waals surface area contributed by atoms with Gasteiger partial charge in [0.2, 0.25) is 5.78 Å². The summed E-state index contributed by atoms with van der Waals surface area (Å²) in [6.07, 6.45) is 1.59. The van der Waals surface area contributed by atoms with E-state index in [9.17, 15) is 4.79 Å². The Kier molecular flexibility index (Phi) is 2.70. The molecule has 0 saturated carbocycles. The van der Waals surface area contributed by atoms with Crippen LogP contribution in [0.25, 0.3) is 0 Å². The molecule has 0 bridgehead atoms. The molecule has 1 aliphatic rings. The van der Waals surface area contributed by atoms with E-state index in [4.69, 9.17) is 34.8 Å². The number of allylic oxidation sites excluding steroid dienone is 3. The summed E-state index contributed by atoms with van der Waals surface area (Å²) in [5, 5.41) is 0.307. The maximum Gasteiger partial charge on any atom is 0.201 e. The molecule has 0 saturated heterocycles. The van der Waals surface area contributed by atoms with Crippen molar-refractivity contribution >= 4 is 40.6 Å². The summed E-state index contributed by atoms with van der Waals surface area (Å²) in [4.78, 5) is 10.2. The molecule has 0 heterocycles. The lowest BCUT2D eigenvalue weighted by atomic mass is 10.1. The molecule has 1 rings (SSSR count). The topological polar surface area (TPSA) is 17.1 Å². The molecule has 0 spiro atoms. The van der Waals surface area contributed by atoms with Gasteiger partial charge in [0, 0.05) is 11.5 Å². The Labute approximate surface area is 85.3 Å². The third kappa shape index (κ3) is 1.46. The van der Waals surface area contributed by atoms with Crippen LogP contribution < -0.4 is 0 Å². The van der Waals surface area contributed by atoms with Gasteiger partial charge in [0.1, 0.15) is 9.91 Å². The van der Waals surface area contributed by atoms with Gasteiger partial charge in [-0.1, -0.05) is 29.8 Å². The van der Waals surface area contributed by atoms with Crippen LogP contribution in [0.3, 0.4) is 0 Å². The van der Waals surface area contributed by atoms with Crippen LogP contribution in [0, 0.1) is 0 Å². The zero-order valence-corrected chi connectivity index (χ0v) is 8.30. The lowest BCUT2D eigenvalue weighted by Gasteiger charge is -2.11. The highest BCUT2D eigenvalue weighted by Crippen LogP contribution is 2.41. The normalized spacial score (nSPS) is 29.1. The standard InChI is InChI=1S/C8H5Cl3O/c1-2-3-8(11)4-5(9)6(10)7(8)12/h3H,1,4H2. The maximum atomic E-state index is 11.3. The minimum atomic E-state index is -1.16. The van der Waals surface area contributed by atoms with Crippen LogP contribution in [0.4, 0.5) is 0 Å². The van der Waals surface area contributed by atoms with E-state index in [1.807, 2.05) is 0 Å². The Morgan fingerprint density at radius 2 is 2.17 bits per heavy atom. The van der Waals surface area contributed by atoms with Crippen molar-refractivity contribution in [1.82, 2.24) is 0 Å². The third-order valence-corrected chi connectivity index (χ3v) is 2.79. The molecule has 0 amide bonds. The molecule has 0 aromatic carbocycles. The molecule has 0 fully saturated rings. The van der Waals surface area contributed by atoms with Gasteiger partial charge >= 0.3 is 0 Å². The van der Waals surface area contributed by atoms with Crippen molar-refractivity contribution in [3.8, 4) is 0 Å². The quantitative estimate of drug-likeness (QED) is 0.493. The molecular formula is C8H5Cl3O. The highest BCUT2D eigenvalue weighted by atomic mass is 35.5. The monoisotopic (exact) mass is 222 g/mol. The molecule has 0 aromatic rings. The Bertz CT molecular complexity index is 312. The van der Waals surface area contributed by atoms with Crippen molar-refractivity contribution in [2.24, 2.45) is 0 Å². The predicted octanol–water partition coefficient (Wildman–Crippen LogP) is 2.97. The minimum absolute atomic E-state index is 0.0122. The van der Waals surface area contributed by atoms with Crippen molar-refractivity contribution in [2.75, 3.05) is 0 Å². The van der Waals surface area contributed by atoms with Gasteiger partial charge in [-0.05, 0) is 6.08 Å². The Morgan fingerprint density at radius 3 is 2.50 bits per heavy atom. The first kappa shape index (κ1) is 9.88. The Balaban J connectivity index is 3.07. The number of alkyl halides is 1.